The fourth-order valence-electron chi connectivity index (χ4n) is 4.62. The number of aromatic nitrogens is 2. The van der Waals surface area contributed by atoms with E-state index in [0.29, 0.717) is 34.3 Å². The van der Waals surface area contributed by atoms with Crippen LogP contribution in [-0.2, 0) is 9.59 Å². The summed E-state index contributed by atoms with van der Waals surface area (Å²) in [4.78, 5) is 27.2. The largest absolute Gasteiger partial charge is 0.384 e. The number of para-hydroxylation sites is 1. The maximum atomic E-state index is 13.8. The average Bonchev–Trinajstić information content (AvgIpc) is 3.37. The monoisotopic (exact) mass is 546 g/mol. The van der Waals surface area contributed by atoms with Gasteiger partial charge in [0.05, 0.1) is 29.0 Å². The van der Waals surface area contributed by atoms with Crippen LogP contribution in [0.4, 0.5) is 15.2 Å². The number of nitrogens with zero attached hydrogens (tertiary/aromatic N) is 4. The van der Waals surface area contributed by atoms with Gasteiger partial charge in [0.25, 0.3) is 0 Å². The summed E-state index contributed by atoms with van der Waals surface area (Å²) in [6.07, 6.45) is 1.68. The molecule has 0 radical (unpaired) electrons. The number of allylic oxidation sites excluding steroid dienone is 3. The summed E-state index contributed by atoms with van der Waals surface area (Å²) in [5, 5.41) is 21.5. The molecular formula is C27H23FN6O2S2. The van der Waals surface area contributed by atoms with Crippen LogP contribution in [0.15, 0.2) is 75.5 Å². The Morgan fingerprint density at radius 2 is 2.00 bits per heavy atom. The lowest BCUT2D eigenvalue weighted by atomic mass is 9.75. The number of benzene rings is 2. The van der Waals surface area contributed by atoms with Crippen LogP contribution in [0.2, 0.25) is 0 Å². The second kappa shape index (κ2) is 10.8. The number of Topliss-reactive ketones (excluding diaryl/α,β-unsaturated/α-hetero) is 1. The maximum Gasteiger partial charge on any atom is 0.234 e. The summed E-state index contributed by atoms with van der Waals surface area (Å²) in [5.41, 5.74) is 10.2. The van der Waals surface area contributed by atoms with E-state index >= 15 is 0 Å². The molecule has 8 nitrogen and oxygen atoms in total. The molecule has 0 bridgehead atoms. The second-order valence-electron chi connectivity index (χ2n) is 8.89. The molecule has 1 atom stereocenters. The number of ketones is 1. The third-order valence-electron chi connectivity index (χ3n) is 6.39. The summed E-state index contributed by atoms with van der Waals surface area (Å²) in [5.74, 6) is -1.23. The van der Waals surface area contributed by atoms with Gasteiger partial charge in [0, 0.05) is 17.7 Å². The van der Waals surface area contributed by atoms with Gasteiger partial charge in [0.1, 0.15) is 11.6 Å². The molecule has 192 valence electrons. The van der Waals surface area contributed by atoms with Crippen molar-refractivity contribution in [1.29, 1.82) is 5.26 Å². The number of hydrogen-bond donors (Lipinski definition) is 2. The molecule has 3 aromatic rings. The van der Waals surface area contributed by atoms with Crippen molar-refractivity contribution in [3.05, 3.63) is 88.1 Å². The molecule has 1 aliphatic heterocycles. The van der Waals surface area contributed by atoms with Crippen LogP contribution < -0.4 is 16.0 Å². The van der Waals surface area contributed by atoms with Crippen LogP contribution in [0.1, 0.15) is 36.3 Å². The summed E-state index contributed by atoms with van der Waals surface area (Å²) in [6.45, 7) is 1.98. The normalized spacial score (nSPS) is 17.3. The summed E-state index contributed by atoms with van der Waals surface area (Å²) in [6, 6.07) is 15.9. The highest BCUT2D eigenvalue weighted by Gasteiger charge is 2.41. The molecule has 1 unspecified atom stereocenters. The van der Waals surface area contributed by atoms with E-state index in [-0.39, 0.29) is 34.5 Å². The average molecular weight is 547 g/mol. The lowest BCUT2D eigenvalue weighted by molar-refractivity contribution is -0.116. The SMILES string of the molecule is Cc1ccc(C2C(C#N)=C(N)N(c3nnc(SCC(=O)Nc4ccccc4F)s3)C3=C2C(=O)CCC3)cc1. The Labute approximate surface area is 227 Å². The van der Waals surface area contributed by atoms with Crippen LogP contribution in [0.3, 0.4) is 0 Å². The first kappa shape index (κ1) is 25.6. The Hall–Kier alpha value is -4.01. The molecule has 0 saturated heterocycles. The summed E-state index contributed by atoms with van der Waals surface area (Å²) < 4.78 is 14.3. The van der Waals surface area contributed by atoms with E-state index in [4.69, 9.17) is 5.73 Å². The lowest BCUT2D eigenvalue weighted by Crippen LogP contribution is -2.38. The Bertz CT molecular complexity index is 1520. The van der Waals surface area contributed by atoms with Crippen LogP contribution >= 0.6 is 23.1 Å². The van der Waals surface area contributed by atoms with E-state index in [1.807, 2.05) is 31.2 Å². The molecule has 3 N–H and O–H groups in total. The predicted molar refractivity (Wildman–Crippen MR) is 145 cm³/mol. The number of carbonyl (C=O) groups is 2. The van der Waals surface area contributed by atoms with Crippen molar-refractivity contribution in [2.45, 2.75) is 36.4 Å². The number of carbonyl (C=O) groups excluding carboxylic acids is 2. The van der Waals surface area contributed by atoms with Crippen LogP contribution in [0, 0.1) is 24.1 Å². The summed E-state index contributed by atoms with van der Waals surface area (Å²) >= 11 is 2.36. The molecule has 1 aromatic heterocycles. The van der Waals surface area contributed by atoms with Gasteiger partial charge < -0.3 is 11.1 Å². The number of nitrogens with two attached hydrogens (primary N) is 1. The smallest absolute Gasteiger partial charge is 0.234 e. The molecule has 38 heavy (non-hydrogen) atoms. The maximum absolute atomic E-state index is 13.8. The van der Waals surface area contributed by atoms with Crippen LogP contribution in [0.25, 0.3) is 0 Å². The fraction of sp³-hybridized carbons (Fsp3) is 0.222. The highest BCUT2D eigenvalue weighted by atomic mass is 32.2. The minimum Gasteiger partial charge on any atom is -0.384 e. The van der Waals surface area contributed by atoms with Crippen LogP contribution in [0.5, 0.6) is 0 Å². The van der Waals surface area contributed by atoms with E-state index in [1.54, 1.807) is 17.0 Å². The van der Waals surface area contributed by atoms with Crippen LogP contribution in [-0.4, -0.2) is 27.6 Å². The van der Waals surface area contributed by atoms with E-state index in [2.05, 4.69) is 21.6 Å². The molecule has 0 saturated carbocycles. The number of nitrogens with one attached hydrogen (secondary N) is 1. The Balaban J connectivity index is 1.42. The molecule has 2 aromatic carbocycles. The zero-order valence-corrected chi connectivity index (χ0v) is 22.0. The quantitative estimate of drug-likeness (QED) is 0.413. The number of anilines is 2. The van der Waals surface area contributed by atoms with Gasteiger partial charge in [-0.3, -0.25) is 14.5 Å². The van der Waals surface area contributed by atoms with Gasteiger partial charge in [-0.2, -0.15) is 5.26 Å². The molecule has 1 aliphatic carbocycles. The minimum absolute atomic E-state index is 0.000332. The van der Waals surface area contributed by atoms with E-state index in [1.165, 1.54) is 23.5 Å². The van der Waals surface area contributed by atoms with Crippen molar-refractivity contribution in [1.82, 2.24) is 10.2 Å². The molecule has 5 rings (SSSR count). The van der Waals surface area contributed by atoms with Gasteiger partial charge in [0.2, 0.25) is 11.0 Å². The van der Waals surface area contributed by atoms with Crippen molar-refractivity contribution in [2.24, 2.45) is 5.73 Å². The highest BCUT2D eigenvalue weighted by Crippen LogP contribution is 2.47. The van der Waals surface area contributed by atoms with Crippen molar-refractivity contribution < 1.29 is 14.0 Å². The number of nitriles is 1. The predicted octanol–water partition coefficient (Wildman–Crippen LogP) is 5.02. The zero-order valence-electron chi connectivity index (χ0n) is 20.4. The molecule has 1 amide bonds. The van der Waals surface area contributed by atoms with Gasteiger partial charge in [-0.05, 0) is 37.5 Å². The number of amides is 1. The number of thioether (sulfide) groups is 1. The number of halogens is 1. The van der Waals surface area contributed by atoms with Crippen molar-refractivity contribution in [3.63, 3.8) is 0 Å². The first-order valence-electron chi connectivity index (χ1n) is 11.9. The molecule has 2 aliphatic rings. The number of hydrogen-bond acceptors (Lipinski definition) is 9. The van der Waals surface area contributed by atoms with Crippen molar-refractivity contribution in [3.8, 4) is 6.07 Å². The first-order valence-corrected chi connectivity index (χ1v) is 13.7. The molecule has 0 spiro atoms. The molecule has 2 heterocycles. The number of rotatable bonds is 6. The standard InChI is InChI=1S/C27H23FN6O2S2/c1-15-9-11-16(12-10-15)23-17(13-29)25(30)34(20-7-4-8-21(35)24(20)23)26-32-33-27(38-26)37-14-22(36)31-19-6-3-2-5-18(19)28/h2-3,5-6,9-12,23H,4,7-8,14,30H2,1H3,(H,31,36). The van der Waals surface area contributed by atoms with Gasteiger partial charge >= 0.3 is 0 Å². The van der Waals surface area contributed by atoms with Crippen molar-refractivity contribution in [2.75, 3.05) is 16.0 Å². The molecule has 0 fully saturated rings. The van der Waals surface area contributed by atoms with E-state index < -0.39 is 11.7 Å². The first-order chi connectivity index (χ1) is 18.4. The highest BCUT2D eigenvalue weighted by molar-refractivity contribution is 8.01. The third-order valence-corrected chi connectivity index (χ3v) is 8.43. The molecular weight excluding hydrogens is 523 g/mol. The fourth-order valence-corrected chi connectivity index (χ4v) is 6.31. The second-order valence-corrected chi connectivity index (χ2v) is 11.1. The van der Waals surface area contributed by atoms with Gasteiger partial charge in [-0.25, -0.2) is 4.39 Å². The Kier molecular flexibility index (Phi) is 7.26. The van der Waals surface area contributed by atoms with Crippen molar-refractivity contribution >= 4 is 45.6 Å². The topological polar surface area (TPSA) is 125 Å². The van der Waals surface area contributed by atoms with E-state index in [0.717, 1.165) is 28.6 Å². The van der Waals surface area contributed by atoms with Gasteiger partial charge in [-0.15, -0.1) is 10.2 Å². The van der Waals surface area contributed by atoms with Gasteiger partial charge in [0.15, 0.2) is 10.1 Å². The third kappa shape index (κ3) is 4.92. The minimum atomic E-state index is -0.538. The lowest BCUT2D eigenvalue weighted by Gasteiger charge is -2.38. The Morgan fingerprint density at radius 3 is 2.74 bits per heavy atom. The molecule has 11 heteroatoms. The van der Waals surface area contributed by atoms with E-state index in [9.17, 15) is 19.2 Å². The van der Waals surface area contributed by atoms with Gasteiger partial charge in [-0.1, -0.05) is 65.1 Å². The summed E-state index contributed by atoms with van der Waals surface area (Å²) in [7, 11) is 0. The number of aryl methyl sites for hydroxylation is 1. The zero-order chi connectivity index (χ0) is 26.8. The Morgan fingerprint density at radius 1 is 1.24 bits per heavy atom.